The molecule has 0 radical (unpaired) electrons. The number of nitrogens with one attached hydrogen (secondary N) is 1. The standard InChI is InChI=1S/C66H111NO10/c1-4-7-10-13-16-19-22-25-27-29-30-31-33-36-39-42-45-48-51-54-61(71)77-64-63(73)62(72)60(55-68)76-66(64)75-56-57(58(69)52-49-46-43-40-37-34-24-21-18-15-12-9-6-3)67-65(74)59(70)53-50-47-44-41-38-35-32-28-26-23-20-17-14-11-8-5-2/h7,10,16-17,19-20,25-28,30-31,36,39,45,48-49,52,57-60,62-64,66,68-70,72-73H,4-6,8-9,11-15,18,21-24,29,32-35,37-38,40-44,46-47,50-51,53-56H2,1-3H3,(H,67,74)/b10-7-,19-16-,20-17-,27-25-,28-26-,31-30-,39-36-,48-45-,52-49+. The van der Waals surface area contributed by atoms with Gasteiger partial charge in [0.2, 0.25) is 5.91 Å². The van der Waals surface area contributed by atoms with Crippen molar-refractivity contribution >= 4 is 11.9 Å². The van der Waals surface area contributed by atoms with Gasteiger partial charge in [0.15, 0.2) is 12.4 Å². The molecular formula is C66H111NO10. The Morgan fingerprint density at radius 2 is 0.935 bits per heavy atom. The highest BCUT2D eigenvalue weighted by Gasteiger charge is 2.47. The molecule has 77 heavy (non-hydrogen) atoms. The van der Waals surface area contributed by atoms with Crippen LogP contribution in [0.4, 0.5) is 0 Å². The van der Waals surface area contributed by atoms with Crippen LogP contribution in [0.5, 0.6) is 0 Å². The van der Waals surface area contributed by atoms with Gasteiger partial charge >= 0.3 is 5.97 Å². The van der Waals surface area contributed by atoms with E-state index >= 15 is 0 Å². The highest BCUT2D eigenvalue weighted by Crippen LogP contribution is 2.26. The predicted octanol–water partition coefficient (Wildman–Crippen LogP) is 14.5. The van der Waals surface area contributed by atoms with Crippen molar-refractivity contribution in [3.8, 4) is 0 Å². The van der Waals surface area contributed by atoms with E-state index in [-0.39, 0.29) is 19.4 Å². The summed E-state index contributed by atoms with van der Waals surface area (Å²) in [6.45, 7) is 5.60. The van der Waals surface area contributed by atoms with Gasteiger partial charge < -0.3 is 45.1 Å². The first-order valence-electron chi connectivity index (χ1n) is 30.7. The summed E-state index contributed by atoms with van der Waals surface area (Å²) in [6.07, 6.45) is 61.3. The molecule has 1 aliphatic heterocycles. The van der Waals surface area contributed by atoms with E-state index in [1.54, 1.807) is 6.08 Å². The van der Waals surface area contributed by atoms with Crippen LogP contribution in [-0.2, 0) is 23.8 Å². The molecule has 0 aromatic heterocycles. The Hall–Kier alpha value is -3.68. The monoisotopic (exact) mass is 1080 g/mol. The molecule has 6 N–H and O–H groups in total. The molecule has 8 unspecified atom stereocenters. The molecule has 0 aromatic rings. The summed E-state index contributed by atoms with van der Waals surface area (Å²) in [4.78, 5) is 26.5. The number of hydrogen-bond donors (Lipinski definition) is 6. The fourth-order valence-electron chi connectivity index (χ4n) is 8.82. The zero-order valence-electron chi connectivity index (χ0n) is 48.5. The molecule has 1 saturated heterocycles. The third-order valence-corrected chi connectivity index (χ3v) is 13.7. The average Bonchev–Trinajstić information content (AvgIpc) is 3.43. The largest absolute Gasteiger partial charge is 0.454 e. The van der Waals surface area contributed by atoms with Gasteiger partial charge in [0, 0.05) is 6.42 Å². The number of unbranched alkanes of at least 4 members (excludes halogenated alkanes) is 20. The summed E-state index contributed by atoms with van der Waals surface area (Å²) < 4.78 is 17.5. The van der Waals surface area contributed by atoms with Crippen LogP contribution >= 0.6 is 0 Å². The van der Waals surface area contributed by atoms with Crippen LogP contribution in [0.3, 0.4) is 0 Å². The van der Waals surface area contributed by atoms with E-state index in [4.69, 9.17) is 14.2 Å². The van der Waals surface area contributed by atoms with Crippen LogP contribution in [0.15, 0.2) is 109 Å². The number of aliphatic hydroxyl groups is 5. The molecule has 0 saturated carbocycles. The van der Waals surface area contributed by atoms with Gasteiger partial charge in [-0.05, 0) is 96.3 Å². The molecule has 1 heterocycles. The van der Waals surface area contributed by atoms with Gasteiger partial charge in [0.1, 0.15) is 24.4 Å². The quantitative estimate of drug-likeness (QED) is 0.0195. The number of aliphatic hydroxyl groups excluding tert-OH is 5. The highest BCUT2D eigenvalue weighted by molar-refractivity contribution is 5.80. The fourth-order valence-corrected chi connectivity index (χ4v) is 8.82. The third kappa shape index (κ3) is 41.1. The number of allylic oxidation sites excluding steroid dienone is 17. The summed E-state index contributed by atoms with van der Waals surface area (Å²) in [5.74, 6) is -1.30. The molecule has 440 valence electrons. The van der Waals surface area contributed by atoms with Crippen molar-refractivity contribution in [2.45, 2.75) is 282 Å². The summed E-state index contributed by atoms with van der Waals surface area (Å²) in [5, 5.41) is 56.9. The van der Waals surface area contributed by atoms with Crippen molar-refractivity contribution < 1.29 is 49.3 Å². The molecule has 1 amide bonds. The summed E-state index contributed by atoms with van der Waals surface area (Å²) in [7, 11) is 0. The van der Waals surface area contributed by atoms with E-state index in [0.717, 1.165) is 109 Å². The second kappa shape index (κ2) is 53.0. The van der Waals surface area contributed by atoms with Gasteiger partial charge in [-0.15, -0.1) is 0 Å². The van der Waals surface area contributed by atoms with Gasteiger partial charge in [-0.25, -0.2) is 0 Å². The topological polar surface area (TPSA) is 175 Å². The van der Waals surface area contributed by atoms with Crippen molar-refractivity contribution in [1.82, 2.24) is 5.32 Å². The first kappa shape index (κ1) is 71.3. The van der Waals surface area contributed by atoms with Crippen LogP contribution in [0.1, 0.15) is 233 Å². The third-order valence-electron chi connectivity index (χ3n) is 13.7. The van der Waals surface area contributed by atoms with Gasteiger partial charge in [0.25, 0.3) is 0 Å². The highest BCUT2D eigenvalue weighted by atomic mass is 16.7. The fraction of sp³-hybridized carbons (Fsp3) is 0.697. The van der Waals surface area contributed by atoms with Gasteiger partial charge in [-0.2, -0.15) is 0 Å². The average molecular weight is 1080 g/mol. The summed E-state index contributed by atoms with van der Waals surface area (Å²) in [5.41, 5.74) is 0. The Kier molecular flexibility index (Phi) is 49.1. The number of hydrogen-bond acceptors (Lipinski definition) is 10. The van der Waals surface area contributed by atoms with Crippen molar-refractivity contribution in [3.05, 3.63) is 109 Å². The molecule has 0 spiro atoms. The van der Waals surface area contributed by atoms with Crippen LogP contribution in [0.25, 0.3) is 0 Å². The van der Waals surface area contributed by atoms with E-state index < -0.39 is 67.4 Å². The second-order valence-corrected chi connectivity index (χ2v) is 20.7. The first-order valence-corrected chi connectivity index (χ1v) is 30.7. The SMILES string of the molecule is CC/C=C\C/C=C\C/C=C\C/C=C\C/C=C\C/C=C\CCC(=O)OC1C(OCC(NC(=O)C(O)CCCCCCCC/C=C\C/C=C\CCCCC)C(O)/C=C/CCCCCCCCCCCCC)OC(CO)C(O)C1O. The summed E-state index contributed by atoms with van der Waals surface area (Å²) >= 11 is 0. The smallest absolute Gasteiger partial charge is 0.306 e. The van der Waals surface area contributed by atoms with Crippen molar-refractivity contribution in [2.75, 3.05) is 13.2 Å². The van der Waals surface area contributed by atoms with Crippen molar-refractivity contribution in [2.24, 2.45) is 0 Å². The molecule has 0 aliphatic carbocycles. The minimum atomic E-state index is -1.65. The van der Waals surface area contributed by atoms with E-state index in [9.17, 15) is 35.1 Å². The maximum absolute atomic E-state index is 13.4. The molecule has 1 aliphatic rings. The zero-order valence-corrected chi connectivity index (χ0v) is 48.5. The maximum atomic E-state index is 13.4. The van der Waals surface area contributed by atoms with Crippen LogP contribution in [-0.4, -0.2) is 99.6 Å². The van der Waals surface area contributed by atoms with Crippen molar-refractivity contribution in [3.63, 3.8) is 0 Å². The molecule has 1 fully saturated rings. The predicted molar refractivity (Wildman–Crippen MR) is 319 cm³/mol. The Balaban J connectivity index is 2.76. The Morgan fingerprint density at radius 1 is 0.519 bits per heavy atom. The Bertz CT molecular complexity index is 1660. The lowest BCUT2D eigenvalue weighted by molar-refractivity contribution is -0.305. The first-order chi connectivity index (χ1) is 37.7. The molecule has 8 atom stereocenters. The molecule has 11 nitrogen and oxygen atoms in total. The van der Waals surface area contributed by atoms with Crippen molar-refractivity contribution in [1.29, 1.82) is 0 Å². The lowest BCUT2D eigenvalue weighted by Crippen LogP contribution is -2.61. The van der Waals surface area contributed by atoms with E-state index in [2.05, 4.69) is 111 Å². The Morgan fingerprint density at radius 3 is 1.43 bits per heavy atom. The number of rotatable bonds is 50. The number of carbonyl (C=O) groups excluding carboxylic acids is 2. The van der Waals surface area contributed by atoms with E-state index in [0.29, 0.717) is 19.3 Å². The molecule has 1 rings (SSSR count). The zero-order chi connectivity index (χ0) is 56.1. The van der Waals surface area contributed by atoms with Gasteiger partial charge in [-0.3, -0.25) is 9.59 Å². The Labute approximate surface area is 468 Å². The summed E-state index contributed by atoms with van der Waals surface area (Å²) in [6, 6.07) is -1.05. The minimum absolute atomic E-state index is 0.00793. The second-order valence-electron chi connectivity index (χ2n) is 20.7. The maximum Gasteiger partial charge on any atom is 0.306 e. The molecule has 11 heteroatoms. The normalized spacial score (nSPS) is 19.8. The molecular weight excluding hydrogens is 967 g/mol. The van der Waals surface area contributed by atoms with Gasteiger partial charge in [0.05, 0.1) is 25.4 Å². The van der Waals surface area contributed by atoms with Gasteiger partial charge in [-0.1, -0.05) is 239 Å². The molecule has 0 bridgehead atoms. The van der Waals surface area contributed by atoms with Crippen LogP contribution in [0.2, 0.25) is 0 Å². The van der Waals surface area contributed by atoms with Crippen LogP contribution in [0, 0.1) is 0 Å². The number of esters is 1. The number of amides is 1. The lowest BCUT2D eigenvalue weighted by Gasteiger charge is -2.41. The van der Waals surface area contributed by atoms with E-state index in [1.165, 1.54) is 70.6 Å². The number of carbonyl (C=O) groups is 2. The lowest BCUT2D eigenvalue weighted by atomic mass is 9.99. The van der Waals surface area contributed by atoms with E-state index in [1.807, 2.05) is 18.2 Å². The molecule has 0 aromatic carbocycles. The van der Waals surface area contributed by atoms with Crippen LogP contribution < -0.4 is 5.32 Å². The number of ether oxygens (including phenoxy) is 3. The minimum Gasteiger partial charge on any atom is -0.454 e.